The lowest BCUT2D eigenvalue weighted by Crippen LogP contribution is -2.42. The predicted molar refractivity (Wildman–Crippen MR) is 125 cm³/mol. The molecule has 0 unspecified atom stereocenters. The average molecular weight is 493 g/mol. The third-order valence-electron chi connectivity index (χ3n) is 5.35. The van der Waals surface area contributed by atoms with E-state index in [4.69, 9.17) is 24.7 Å². The molecule has 1 aromatic heterocycles. The maximum absolute atomic E-state index is 12.9. The Morgan fingerprint density at radius 3 is 2.11 bits per heavy atom. The fourth-order valence-electron chi connectivity index (χ4n) is 3.73. The van der Waals surface area contributed by atoms with Gasteiger partial charge in [0.2, 0.25) is 0 Å². The maximum atomic E-state index is 12.9. The van der Waals surface area contributed by atoms with Crippen molar-refractivity contribution in [2.45, 2.75) is 31.5 Å². The second kappa shape index (κ2) is 10.8. The summed E-state index contributed by atoms with van der Waals surface area (Å²) >= 11 is 0. The lowest BCUT2D eigenvalue weighted by molar-refractivity contribution is -0.156. The van der Waals surface area contributed by atoms with Crippen LogP contribution in [0, 0.1) is 0 Å². The van der Waals surface area contributed by atoms with Crippen molar-refractivity contribution in [3.8, 4) is 0 Å². The van der Waals surface area contributed by atoms with E-state index in [0.29, 0.717) is 5.56 Å². The molecule has 1 aliphatic heterocycles. The van der Waals surface area contributed by atoms with Gasteiger partial charge in [-0.15, -0.1) is 0 Å². The standard InChI is InChI=1S/C25H23N3O8/c1-15(29)34-21-20(36-24(31)17-10-6-3-7-11-17)18(14-33-23(30)16-8-4-2-5-9-16)35-22(21)28-13-12-19(26)27-25(28)32/h2-13,18,20-22H,14H2,1H3,(H2,26,27,32)/t18-,20-,21-,22-/m1/s1. The fraction of sp³-hybridized carbons (Fsp3) is 0.240. The third kappa shape index (κ3) is 5.58. The van der Waals surface area contributed by atoms with E-state index in [1.165, 1.54) is 19.2 Å². The van der Waals surface area contributed by atoms with E-state index in [0.717, 1.165) is 4.57 Å². The Morgan fingerprint density at radius 2 is 1.53 bits per heavy atom. The van der Waals surface area contributed by atoms with Gasteiger partial charge in [-0.05, 0) is 30.3 Å². The SMILES string of the molecule is CC(=O)O[C@@H]1[C@H](OC(=O)c2ccccc2)[C@@H](COC(=O)c2ccccc2)O[C@H]1n1ccc(N)nc1=O. The van der Waals surface area contributed by atoms with Gasteiger partial charge in [0.05, 0.1) is 11.1 Å². The number of carbonyl (C=O) groups excluding carboxylic acids is 3. The molecule has 2 aromatic carbocycles. The summed E-state index contributed by atoms with van der Waals surface area (Å²) in [6.45, 7) is 0.811. The molecule has 3 aromatic rings. The maximum Gasteiger partial charge on any atom is 0.351 e. The van der Waals surface area contributed by atoms with Gasteiger partial charge in [-0.2, -0.15) is 4.98 Å². The topological polar surface area (TPSA) is 149 Å². The van der Waals surface area contributed by atoms with Gasteiger partial charge in [-0.25, -0.2) is 14.4 Å². The Morgan fingerprint density at radius 1 is 0.917 bits per heavy atom. The normalized spacial score (nSPS) is 20.9. The summed E-state index contributed by atoms with van der Waals surface area (Å²) < 4.78 is 23.5. The van der Waals surface area contributed by atoms with E-state index < -0.39 is 48.1 Å². The minimum Gasteiger partial charge on any atom is -0.459 e. The number of aromatic nitrogens is 2. The molecule has 1 aliphatic rings. The highest BCUT2D eigenvalue weighted by atomic mass is 16.7. The second-order valence-electron chi connectivity index (χ2n) is 7.88. The lowest BCUT2D eigenvalue weighted by Gasteiger charge is -2.24. The summed E-state index contributed by atoms with van der Waals surface area (Å²) in [5, 5.41) is 0. The number of rotatable bonds is 7. The number of esters is 3. The molecule has 2 N–H and O–H groups in total. The third-order valence-corrected chi connectivity index (χ3v) is 5.35. The quantitative estimate of drug-likeness (QED) is 0.381. The van der Waals surface area contributed by atoms with Crippen LogP contribution in [0.25, 0.3) is 0 Å². The van der Waals surface area contributed by atoms with E-state index in [1.807, 2.05) is 0 Å². The zero-order chi connectivity index (χ0) is 25.7. The van der Waals surface area contributed by atoms with Crippen LogP contribution in [0.5, 0.6) is 0 Å². The van der Waals surface area contributed by atoms with Crippen LogP contribution in [-0.2, 0) is 23.7 Å². The van der Waals surface area contributed by atoms with Crippen molar-refractivity contribution >= 4 is 23.7 Å². The Kier molecular flexibility index (Phi) is 7.40. The minimum absolute atomic E-state index is 0.0151. The van der Waals surface area contributed by atoms with Crippen molar-refractivity contribution < 1.29 is 33.3 Å². The van der Waals surface area contributed by atoms with E-state index in [9.17, 15) is 19.2 Å². The molecule has 1 saturated heterocycles. The van der Waals surface area contributed by atoms with Crippen LogP contribution >= 0.6 is 0 Å². The molecule has 11 heteroatoms. The van der Waals surface area contributed by atoms with Crippen molar-refractivity contribution in [3.05, 3.63) is 94.5 Å². The summed E-state index contributed by atoms with van der Waals surface area (Å²) in [6.07, 6.45) is -3.47. The van der Waals surface area contributed by atoms with Crippen LogP contribution < -0.4 is 11.4 Å². The highest BCUT2D eigenvalue weighted by Crippen LogP contribution is 2.34. The summed E-state index contributed by atoms with van der Waals surface area (Å²) in [7, 11) is 0. The van der Waals surface area contributed by atoms with E-state index in [-0.39, 0.29) is 18.0 Å². The zero-order valence-corrected chi connectivity index (χ0v) is 19.2. The Hall–Kier alpha value is -4.51. The number of anilines is 1. The first-order chi connectivity index (χ1) is 17.3. The molecule has 0 radical (unpaired) electrons. The molecule has 0 saturated carbocycles. The van der Waals surface area contributed by atoms with Gasteiger partial charge in [0.25, 0.3) is 0 Å². The smallest absolute Gasteiger partial charge is 0.351 e. The van der Waals surface area contributed by atoms with E-state index >= 15 is 0 Å². The van der Waals surface area contributed by atoms with Crippen LogP contribution in [-0.4, -0.2) is 52.4 Å². The molecule has 1 fully saturated rings. The molecule has 4 atom stereocenters. The van der Waals surface area contributed by atoms with Crippen molar-refractivity contribution in [2.24, 2.45) is 0 Å². The first-order valence-corrected chi connectivity index (χ1v) is 11.0. The fourth-order valence-corrected chi connectivity index (χ4v) is 3.73. The van der Waals surface area contributed by atoms with Crippen LogP contribution in [0.4, 0.5) is 5.82 Å². The minimum atomic E-state index is -1.25. The molecule has 186 valence electrons. The van der Waals surface area contributed by atoms with E-state index in [1.54, 1.807) is 60.7 Å². The molecular weight excluding hydrogens is 470 g/mol. The van der Waals surface area contributed by atoms with Gasteiger partial charge in [0.15, 0.2) is 18.4 Å². The first-order valence-electron chi connectivity index (χ1n) is 11.0. The van der Waals surface area contributed by atoms with Crippen molar-refractivity contribution in [1.82, 2.24) is 9.55 Å². The average Bonchev–Trinajstić information content (AvgIpc) is 3.19. The number of nitrogens with zero attached hydrogens (tertiary/aromatic N) is 2. The van der Waals surface area contributed by atoms with Crippen molar-refractivity contribution in [2.75, 3.05) is 12.3 Å². The monoisotopic (exact) mass is 493 g/mol. The summed E-state index contributed by atoms with van der Waals surface area (Å²) in [5.74, 6) is -2.07. The van der Waals surface area contributed by atoms with Gasteiger partial charge in [-0.3, -0.25) is 9.36 Å². The van der Waals surface area contributed by atoms with Gasteiger partial charge < -0.3 is 24.7 Å². The van der Waals surface area contributed by atoms with Gasteiger partial charge in [-0.1, -0.05) is 36.4 Å². The number of benzene rings is 2. The number of ether oxygens (including phenoxy) is 4. The highest BCUT2D eigenvalue weighted by Gasteiger charge is 2.51. The van der Waals surface area contributed by atoms with Crippen molar-refractivity contribution in [1.29, 1.82) is 0 Å². The summed E-state index contributed by atoms with van der Waals surface area (Å²) in [5.41, 5.74) is 5.36. The first kappa shape index (κ1) is 24.6. The Labute approximate surface area is 205 Å². The molecule has 0 spiro atoms. The Bertz CT molecular complexity index is 1300. The zero-order valence-electron chi connectivity index (χ0n) is 19.2. The van der Waals surface area contributed by atoms with Gasteiger partial charge in [0.1, 0.15) is 18.5 Å². The van der Waals surface area contributed by atoms with Crippen LogP contribution in [0.3, 0.4) is 0 Å². The molecular formula is C25H23N3O8. The molecule has 2 heterocycles. The van der Waals surface area contributed by atoms with E-state index in [2.05, 4.69) is 4.98 Å². The van der Waals surface area contributed by atoms with Crippen LogP contribution in [0.2, 0.25) is 0 Å². The number of hydrogen-bond donors (Lipinski definition) is 1. The Balaban J connectivity index is 1.64. The lowest BCUT2D eigenvalue weighted by atomic mass is 10.1. The number of nitrogen functional groups attached to an aromatic ring is 1. The molecule has 0 aliphatic carbocycles. The number of nitrogens with two attached hydrogens (primary N) is 1. The molecule has 36 heavy (non-hydrogen) atoms. The van der Waals surface area contributed by atoms with Gasteiger partial charge >= 0.3 is 23.6 Å². The van der Waals surface area contributed by atoms with Crippen LogP contribution in [0.15, 0.2) is 77.7 Å². The van der Waals surface area contributed by atoms with Crippen LogP contribution in [0.1, 0.15) is 33.9 Å². The second-order valence-corrected chi connectivity index (χ2v) is 7.88. The van der Waals surface area contributed by atoms with Gasteiger partial charge in [0, 0.05) is 13.1 Å². The molecule has 4 rings (SSSR count). The van der Waals surface area contributed by atoms with Crippen molar-refractivity contribution in [3.63, 3.8) is 0 Å². The molecule has 11 nitrogen and oxygen atoms in total. The highest BCUT2D eigenvalue weighted by molar-refractivity contribution is 5.90. The number of hydrogen-bond acceptors (Lipinski definition) is 10. The molecule has 0 bridgehead atoms. The summed E-state index contributed by atoms with van der Waals surface area (Å²) in [4.78, 5) is 53.5. The predicted octanol–water partition coefficient (Wildman–Crippen LogP) is 1.74. The molecule has 0 amide bonds. The number of carbonyl (C=O) groups is 3. The summed E-state index contributed by atoms with van der Waals surface area (Å²) in [6, 6.07) is 17.8. The largest absolute Gasteiger partial charge is 0.459 e.